The van der Waals surface area contributed by atoms with E-state index in [9.17, 15) is 4.79 Å². The summed E-state index contributed by atoms with van der Waals surface area (Å²) in [5, 5.41) is 2.59. The number of hydrogen-bond donors (Lipinski definition) is 2. The van der Waals surface area contributed by atoms with Gasteiger partial charge in [-0.05, 0) is 0 Å². The van der Waals surface area contributed by atoms with Crippen molar-refractivity contribution in [3.63, 3.8) is 0 Å². The summed E-state index contributed by atoms with van der Waals surface area (Å²) in [6, 6.07) is 1.33. The molecule has 1 aromatic heterocycles. The first-order valence-corrected chi connectivity index (χ1v) is 2.21. The second-order valence-corrected chi connectivity index (χ2v) is 1.61. The Labute approximate surface area is 45.9 Å². The summed E-state index contributed by atoms with van der Waals surface area (Å²) in [4.78, 5) is 10.5. The Morgan fingerprint density at radius 3 is 2.62 bits per heavy atom. The first-order valence-electron chi connectivity index (χ1n) is 2.21. The van der Waals surface area contributed by atoms with Crippen LogP contribution in [0, 0.1) is 0 Å². The lowest BCUT2D eigenvalue weighted by atomic mass is 10.7. The molecule has 0 saturated heterocycles. The van der Waals surface area contributed by atoms with Crippen molar-refractivity contribution in [3.8, 4) is 0 Å². The molecule has 1 rings (SSSR count). The van der Waals surface area contributed by atoms with Crippen LogP contribution in [0.2, 0.25) is 0 Å². The van der Waals surface area contributed by atoms with Gasteiger partial charge in [-0.3, -0.25) is 14.6 Å². The van der Waals surface area contributed by atoms with Crippen LogP contribution in [0.3, 0.4) is 0 Å². The van der Waals surface area contributed by atoms with Crippen LogP contribution in [0.25, 0.3) is 0 Å². The minimum absolute atomic E-state index is 0.109. The molecule has 0 fully saturated rings. The van der Waals surface area contributed by atoms with Gasteiger partial charge in [0.05, 0.1) is 0 Å². The van der Waals surface area contributed by atoms with Gasteiger partial charge in [0.2, 0.25) is 0 Å². The number of hydrogen-bond acceptors (Lipinski definition) is 2. The zero-order valence-corrected chi connectivity index (χ0v) is 4.51. The smallest absolute Gasteiger partial charge is 0.268 e. The molecule has 1 heterocycles. The summed E-state index contributed by atoms with van der Waals surface area (Å²) in [6.07, 6.45) is 0. The zero-order chi connectivity index (χ0) is 6.15. The fraction of sp³-hybridized carbons (Fsp3) is 0.250. The first kappa shape index (κ1) is 4.96. The minimum Gasteiger partial charge on any atom is -0.384 e. The molecule has 8 heavy (non-hydrogen) atoms. The molecule has 0 aliphatic rings. The molecule has 44 valence electrons. The van der Waals surface area contributed by atoms with Crippen molar-refractivity contribution < 1.29 is 0 Å². The highest BCUT2D eigenvalue weighted by molar-refractivity contribution is 5.23. The summed E-state index contributed by atoms with van der Waals surface area (Å²) in [5.41, 5.74) is 5.09. The Kier molecular flexibility index (Phi) is 0.865. The van der Waals surface area contributed by atoms with Crippen molar-refractivity contribution in [3.05, 3.63) is 16.4 Å². The topological polar surface area (TPSA) is 63.8 Å². The number of aryl methyl sites for hydroxylation is 1. The lowest BCUT2D eigenvalue weighted by Gasteiger charge is -1.83. The molecule has 0 aliphatic heterocycles. The summed E-state index contributed by atoms with van der Waals surface area (Å²) < 4.78 is 1.31. The van der Waals surface area contributed by atoms with Crippen LogP contribution in [-0.2, 0) is 7.05 Å². The van der Waals surface area contributed by atoms with E-state index in [0.717, 1.165) is 0 Å². The maximum Gasteiger partial charge on any atom is 0.268 e. The Morgan fingerprint density at radius 2 is 2.50 bits per heavy atom. The zero-order valence-electron chi connectivity index (χ0n) is 4.51. The van der Waals surface area contributed by atoms with E-state index in [4.69, 9.17) is 5.73 Å². The number of nitrogen functional groups attached to an aromatic ring is 1. The number of nitrogens with zero attached hydrogens (tertiary/aromatic N) is 1. The van der Waals surface area contributed by atoms with Crippen LogP contribution in [0.4, 0.5) is 5.82 Å². The van der Waals surface area contributed by atoms with Crippen molar-refractivity contribution in [1.29, 1.82) is 0 Å². The van der Waals surface area contributed by atoms with Crippen molar-refractivity contribution >= 4 is 5.82 Å². The van der Waals surface area contributed by atoms with Gasteiger partial charge in [0.25, 0.3) is 5.56 Å². The molecule has 0 saturated carbocycles. The van der Waals surface area contributed by atoms with Crippen molar-refractivity contribution in [1.82, 2.24) is 9.78 Å². The van der Waals surface area contributed by atoms with Gasteiger partial charge in [0.1, 0.15) is 5.82 Å². The second kappa shape index (κ2) is 1.40. The van der Waals surface area contributed by atoms with Crippen LogP contribution in [0.1, 0.15) is 0 Å². The van der Waals surface area contributed by atoms with Crippen LogP contribution in [0.5, 0.6) is 0 Å². The fourth-order valence-corrected chi connectivity index (χ4v) is 0.511. The quantitative estimate of drug-likeness (QED) is 0.467. The molecule has 1 aromatic rings. The Balaban J connectivity index is 3.35. The Bertz CT molecular complexity index is 234. The average Bonchev–Trinajstić information content (AvgIpc) is 1.85. The number of aromatic amines is 1. The van der Waals surface area contributed by atoms with E-state index in [0.29, 0.717) is 5.82 Å². The van der Waals surface area contributed by atoms with Gasteiger partial charge in [-0.25, -0.2) is 0 Å². The molecule has 4 nitrogen and oxygen atoms in total. The third-order valence-electron chi connectivity index (χ3n) is 0.906. The van der Waals surface area contributed by atoms with Gasteiger partial charge >= 0.3 is 0 Å². The highest BCUT2D eigenvalue weighted by atomic mass is 16.1. The third-order valence-corrected chi connectivity index (χ3v) is 0.906. The second-order valence-electron chi connectivity index (χ2n) is 1.61. The minimum atomic E-state index is -0.109. The Morgan fingerprint density at radius 1 is 1.88 bits per heavy atom. The molecular weight excluding hydrogens is 106 g/mol. The monoisotopic (exact) mass is 113 g/mol. The lowest BCUT2D eigenvalue weighted by molar-refractivity contribution is 0.743. The summed E-state index contributed by atoms with van der Waals surface area (Å²) in [6.45, 7) is 0. The van der Waals surface area contributed by atoms with Crippen LogP contribution in [0.15, 0.2) is 10.9 Å². The third kappa shape index (κ3) is 0.598. The molecule has 0 atom stereocenters. The van der Waals surface area contributed by atoms with E-state index in [-0.39, 0.29) is 5.56 Å². The fourth-order valence-electron chi connectivity index (χ4n) is 0.511. The van der Waals surface area contributed by atoms with E-state index in [1.165, 1.54) is 10.7 Å². The maximum absolute atomic E-state index is 10.5. The average molecular weight is 113 g/mol. The normalized spacial score (nSPS) is 9.62. The molecular formula is C4H7N3O. The van der Waals surface area contributed by atoms with E-state index < -0.39 is 0 Å². The number of nitrogens with two attached hydrogens (primary N) is 1. The van der Waals surface area contributed by atoms with Crippen molar-refractivity contribution in [2.24, 2.45) is 7.05 Å². The molecule has 4 heteroatoms. The van der Waals surface area contributed by atoms with Gasteiger partial charge in [0.15, 0.2) is 0 Å². The standard InChI is InChI=1S/C4H7N3O/c1-7-4(8)2-3(5)6-7/h2,6H,5H2,1H3. The summed E-state index contributed by atoms with van der Waals surface area (Å²) in [7, 11) is 1.61. The number of rotatable bonds is 0. The van der Waals surface area contributed by atoms with E-state index in [1.54, 1.807) is 7.05 Å². The van der Waals surface area contributed by atoms with E-state index in [1.807, 2.05) is 0 Å². The number of aromatic nitrogens is 2. The molecule has 0 amide bonds. The van der Waals surface area contributed by atoms with E-state index >= 15 is 0 Å². The van der Waals surface area contributed by atoms with Gasteiger partial charge in [-0.15, -0.1) is 0 Å². The number of H-pyrrole nitrogens is 1. The first-order chi connectivity index (χ1) is 3.70. The van der Waals surface area contributed by atoms with Gasteiger partial charge in [-0.2, -0.15) is 0 Å². The highest BCUT2D eigenvalue weighted by Crippen LogP contribution is 1.83. The van der Waals surface area contributed by atoms with Crippen molar-refractivity contribution in [2.75, 3.05) is 5.73 Å². The molecule has 0 spiro atoms. The van der Waals surface area contributed by atoms with Crippen molar-refractivity contribution in [2.45, 2.75) is 0 Å². The number of anilines is 1. The summed E-state index contributed by atoms with van der Waals surface area (Å²) >= 11 is 0. The van der Waals surface area contributed by atoms with Gasteiger partial charge < -0.3 is 5.73 Å². The molecule has 0 radical (unpaired) electrons. The lowest BCUT2D eigenvalue weighted by Crippen LogP contribution is -2.09. The van der Waals surface area contributed by atoms with Crippen LogP contribution < -0.4 is 11.3 Å². The van der Waals surface area contributed by atoms with Crippen LogP contribution >= 0.6 is 0 Å². The van der Waals surface area contributed by atoms with Crippen LogP contribution in [-0.4, -0.2) is 9.78 Å². The molecule has 0 aliphatic carbocycles. The predicted octanol–water partition coefficient (Wildman–Crippen LogP) is -0.704. The van der Waals surface area contributed by atoms with Gasteiger partial charge in [-0.1, -0.05) is 0 Å². The molecule has 0 unspecified atom stereocenters. The molecule has 0 bridgehead atoms. The molecule has 3 N–H and O–H groups in total. The van der Waals surface area contributed by atoms with E-state index in [2.05, 4.69) is 5.10 Å². The summed E-state index contributed by atoms with van der Waals surface area (Å²) in [5.74, 6) is 0.400. The number of nitrogens with one attached hydrogen (secondary N) is 1. The molecule has 0 aromatic carbocycles. The maximum atomic E-state index is 10.5. The predicted molar refractivity (Wildman–Crippen MR) is 30.4 cm³/mol. The Hall–Kier alpha value is -1.19. The highest BCUT2D eigenvalue weighted by Gasteiger charge is 1.90. The SMILES string of the molecule is Cn1[nH]c(N)cc1=O. The van der Waals surface area contributed by atoms with Gasteiger partial charge in [0, 0.05) is 13.1 Å². The largest absolute Gasteiger partial charge is 0.384 e.